The number of carbonyl (C=O) groups excluding carboxylic acids is 2. The van der Waals surface area contributed by atoms with Crippen molar-refractivity contribution >= 4 is 28.2 Å². The quantitative estimate of drug-likeness (QED) is 0.615. The molecule has 0 aliphatic carbocycles. The van der Waals surface area contributed by atoms with Gasteiger partial charge in [-0.25, -0.2) is 0 Å². The number of amides is 2. The fourth-order valence-electron chi connectivity index (χ4n) is 1.40. The van der Waals surface area contributed by atoms with Gasteiger partial charge in [-0.15, -0.1) is 0 Å². The number of imide groups is 1. The summed E-state index contributed by atoms with van der Waals surface area (Å²) in [5, 5.41) is 0.776. The first kappa shape index (κ1) is 12.9. The lowest BCUT2D eigenvalue weighted by Crippen LogP contribution is -2.31. The van der Waals surface area contributed by atoms with Crippen molar-refractivity contribution in [2.45, 2.75) is 13.3 Å². The zero-order valence-electron chi connectivity index (χ0n) is 9.15. The van der Waals surface area contributed by atoms with Crippen molar-refractivity contribution in [2.75, 3.05) is 11.9 Å². The second kappa shape index (κ2) is 6.43. The number of hydrogen-bond acceptors (Lipinski definition) is 2. The summed E-state index contributed by atoms with van der Waals surface area (Å²) >= 11 is 3.27. The summed E-state index contributed by atoms with van der Waals surface area (Å²) in [6, 6.07) is 7.27. The lowest BCUT2D eigenvalue weighted by atomic mass is 10.1. The lowest BCUT2D eigenvalue weighted by molar-refractivity contribution is -0.116. The Morgan fingerprint density at radius 2 is 2.12 bits per heavy atom. The van der Waals surface area contributed by atoms with Crippen molar-refractivity contribution in [2.24, 2.45) is 0 Å². The maximum atomic E-state index is 12.0. The zero-order valence-corrected chi connectivity index (χ0v) is 10.7. The minimum Gasteiger partial charge on any atom is -0.281 e. The molecule has 1 aromatic carbocycles. The van der Waals surface area contributed by atoms with Gasteiger partial charge in [0, 0.05) is 17.4 Å². The molecule has 0 N–H and O–H groups in total. The number of nitrogens with zero attached hydrogens (tertiary/aromatic N) is 1. The molecule has 0 saturated carbocycles. The van der Waals surface area contributed by atoms with Crippen LogP contribution in [0.2, 0.25) is 0 Å². The highest BCUT2D eigenvalue weighted by atomic mass is 79.9. The van der Waals surface area contributed by atoms with Crippen LogP contribution in [0.1, 0.15) is 22.3 Å². The van der Waals surface area contributed by atoms with Crippen molar-refractivity contribution in [3.8, 4) is 0 Å². The van der Waals surface area contributed by atoms with Gasteiger partial charge in [0.2, 0.25) is 6.41 Å². The highest BCUT2D eigenvalue weighted by Gasteiger charge is 2.15. The standard InChI is InChI=1S/C12H14BrNO2/c1-10-5-2-3-6-11(10)12(16)14(9-15)8-4-7-13/h2-3,5-6,9H,4,7-8H2,1H3. The van der Waals surface area contributed by atoms with E-state index in [0.717, 1.165) is 17.3 Å². The number of alkyl halides is 1. The average molecular weight is 284 g/mol. The molecule has 4 heteroatoms. The topological polar surface area (TPSA) is 37.4 Å². The largest absolute Gasteiger partial charge is 0.281 e. The van der Waals surface area contributed by atoms with E-state index in [1.165, 1.54) is 4.90 Å². The van der Waals surface area contributed by atoms with Gasteiger partial charge in [0.05, 0.1) is 0 Å². The molecule has 0 unspecified atom stereocenters. The van der Waals surface area contributed by atoms with Crippen LogP contribution in [0.3, 0.4) is 0 Å². The molecule has 1 aromatic rings. The SMILES string of the molecule is Cc1ccccc1C(=O)N(C=O)CCCBr. The van der Waals surface area contributed by atoms with Crippen LogP contribution >= 0.6 is 15.9 Å². The van der Waals surface area contributed by atoms with E-state index < -0.39 is 0 Å². The molecule has 0 bridgehead atoms. The molecule has 86 valence electrons. The van der Waals surface area contributed by atoms with Gasteiger partial charge in [0.1, 0.15) is 0 Å². The second-order valence-electron chi connectivity index (χ2n) is 3.46. The molecule has 0 aromatic heterocycles. The Morgan fingerprint density at radius 1 is 1.44 bits per heavy atom. The minimum atomic E-state index is -0.228. The van der Waals surface area contributed by atoms with Crippen molar-refractivity contribution in [3.05, 3.63) is 35.4 Å². The Bertz CT molecular complexity index is 379. The highest BCUT2D eigenvalue weighted by Crippen LogP contribution is 2.10. The number of rotatable bonds is 5. The second-order valence-corrected chi connectivity index (χ2v) is 4.25. The first-order valence-corrected chi connectivity index (χ1v) is 6.20. The van der Waals surface area contributed by atoms with E-state index >= 15 is 0 Å². The van der Waals surface area contributed by atoms with Crippen LogP contribution in [0, 0.1) is 6.92 Å². The fourth-order valence-corrected chi connectivity index (χ4v) is 1.65. The van der Waals surface area contributed by atoms with Gasteiger partial charge in [-0.2, -0.15) is 0 Å². The third-order valence-electron chi connectivity index (χ3n) is 2.30. The molecule has 16 heavy (non-hydrogen) atoms. The molecule has 0 radical (unpaired) electrons. The molecule has 3 nitrogen and oxygen atoms in total. The first-order valence-electron chi connectivity index (χ1n) is 5.08. The molecule has 0 fully saturated rings. The van der Waals surface area contributed by atoms with Crippen molar-refractivity contribution in [1.29, 1.82) is 0 Å². The van der Waals surface area contributed by atoms with Gasteiger partial charge in [-0.3, -0.25) is 14.5 Å². The number of aryl methyl sites for hydroxylation is 1. The minimum absolute atomic E-state index is 0.228. The third kappa shape index (κ3) is 3.17. The maximum Gasteiger partial charge on any atom is 0.260 e. The first-order chi connectivity index (χ1) is 7.70. The molecule has 2 amide bonds. The molecule has 1 rings (SSSR count). The van der Waals surface area contributed by atoms with Crippen molar-refractivity contribution in [3.63, 3.8) is 0 Å². The van der Waals surface area contributed by atoms with E-state index in [2.05, 4.69) is 15.9 Å². The Labute approximate surface area is 104 Å². The summed E-state index contributed by atoms with van der Waals surface area (Å²) in [7, 11) is 0. The molecule has 0 heterocycles. The predicted octanol–water partition coefficient (Wildman–Crippen LogP) is 2.38. The summed E-state index contributed by atoms with van der Waals surface area (Å²) in [4.78, 5) is 24.0. The Morgan fingerprint density at radius 3 is 2.69 bits per heavy atom. The fraction of sp³-hybridized carbons (Fsp3) is 0.333. The average Bonchev–Trinajstić information content (AvgIpc) is 2.30. The van der Waals surface area contributed by atoms with E-state index in [1.807, 2.05) is 19.1 Å². The number of carbonyl (C=O) groups is 2. The van der Waals surface area contributed by atoms with Gasteiger partial charge in [-0.1, -0.05) is 34.1 Å². The van der Waals surface area contributed by atoms with E-state index in [0.29, 0.717) is 18.5 Å². The number of halogens is 1. The Hall–Kier alpha value is -1.16. The molecule has 0 aliphatic heterocycles. The van der Waals surface area contributed by atoms with Gasteiger partial charge < -0.3 is 0 Å². The van der Waals surface area contributed by atoms with Crippen LogP contribution < -0.4 is 0 Å². The summed E-state index contributed by atoms with van der Waals surface area (Å²) in [5.74, 6) is -0.228. The molecule has 0 saturated heterocycles. The van der Waals surface area contributed by atoms with Gasteiger partial charge in [-0.05, 0) is 25.0 Å². The molecule has 0 aliphatic rings. The van der Waals surface area contributed by atoms with E-state index in [1.54, 1.807) is 12.1 Å². The predicted molar refractivity (Wildman–Crippen MR) is 66.7 cm³/mol. The number of hydrogen-bond donors (Lipinski definition) is 0. The maximum absolute atomic E-state index is 12.0. The van der Waals surface area contributed by atoms with Crippen LogP contribution in [0.25, 0.3) is 0 Å². The van der Waals surface area contributed by atoms with Crippen LogP contribution in [0.15, 0.2) is 24.3 Å². The molecular weight excluding hydrogens is 270 g/mol. The van der Waals surface area contributed by atoms with Crippen molar-refractivity contribution < 1.29 is 9.59 Å². The van der Waals surface area contributed by atoms with Crippen molar-refractivity contribution in [1.82, 2.24) is 4.90 Å². The van der Waals surface area contributed by atoms with E-state index in [9.17, 15) is 9.59 Å². The smallest absolute Gasteiger partial charge is 0.260 e. The van der Waals surface area contributed by atoms with Crippen LogP contribution in [0.5, 0.6) is 0 Å². The molecular formula is C12H14BrNO2. The number of benzene rings is 1. The normalized spacial score (nSPS) is 9.88. The zero-order chi connectivity index (χ0) is 12.0. The van der Waals surface area contributed by atoms with Crippen LogP contribution in [0.4, 0.5) is 0 Å². The third-order valence-corrected chi connectivity index (χ3v) is 2.86. The Balaban J connectivity index is 2.83. The van der Waals surface area contributed by atoms with Gasteiger partial charge >= 0.3 is 0 Å². The van der Waals surface area contributed by atoms with E-state index in [4.69, 9.17) is 0 Å². The monoisotopic (exact) mass is 283 g/mol. The summed E-state index contributed by atoms with van der Waals surface area (Å²) < 4.78 is 0. The Kier molecular flexibility index (Phi) is 5.19. The molecule has 0 atom stereocenters. The molecule has 0 spiro atoms. The van der Waals surface area contributed by atoms with Gasteiger partial charge in [0.15, 0.2) is 0 Å². The van der Waals surface area contributed by atoms with E-state index in [-0.39, 0.29) is 5.91 Å². The summed E-state index contributed by atoms with van der Waals surface area (Å²) in [6.07, 6.45) is 1.35. The lowest BCUT2D eigenvalue weighted by Gasteiger charge is -2.15. The van der Waals surface area contributed by atoms with Crippen LogP contribution in [-0.2, 0) is 4.79 Å². The summed E-state index contributed by atoms with van der Waals surface area (Å²) in [5.41, 5.74) is 1.47. The summed E-state index contributed by atoms with van der Waals surface area (Å²) in [6.45, 7) is 2.31. The van der Waals surface area contributed by atoms with Crippen LogP contribution in [-0.4, -0.2) is 29.1 Å². The van der Waals surface area contributed by atoms with Gasteiger partial charge in [0.25, 0.3) is 5.91 Å². The highest BCUT2D eigenvalue weighted by molar-refractivity contribution is 9.09.